The van der Waals surface area contributed by atoms with E-state index in [0.717, 1.165) is 13.1 Å². The van der Waals surface area contributed by atoms with E-state index in [1.807, 2.05) is 20.8 Å². The van der Waals surface area contributed by atoms with Gasteiger partial charge in [0, 0.05) is 17.1 Å². The van der Waals surface area contributed by atoms with E-state index in [2.05, 4.69) is 25.6 Å². The first-order valence-electron chi connectivity index (χ1n) is 6.60. The summed E-state index contributed by atoms with van der Waals surface area (Å²) in [6.45, 7) is 8.24. The molecule has 1 aromatic carbocycles. The fourth-order valence-corrected chi connectivity index (χ4v) is 5.19. The third-order valence-corrected chi connectivity index (χ3v) is 5.98. The van der Waals surface area contributed by atoms with Gasteiger partial charge in [0.1, 0.15) is 4.90 Å². The van der Waals surface area contributed by atoms with Crippen molar-refractivity contribution in [3.63, 3.8) is 0 Å². The summed E-state index contributed by atoms with van der Waals surface area (Å²) < 4.78 is 28.1. The zero-order valence-electron chi connectivity index (χ0n) is 12.2. The van der Waals surface area contributed by atoms with Gasteiger partial charge in [-0.15, -0.1) is 0 Å². The van der Waals surface area contributed by atoms with Crippen molar-refractivity contribution in [3.05, 3.63) is 26.7 Å². The summed E-state index contributed by atoms with van der Waals surface area (Å²) in [6, 6.07) is 2.78. The van der Waals surface area contributed by atoms with Crippen molar-refractivity contribution in [2.24, 2.45) is 0 Å². The molecule has 8 heteroatoms. The SMILES string of the molecule is CCN(CC)CC(C)NS(=O)(=O)c1c(Cl)cc(Br)cc1Cl. The van der Waals surface area contributed by atoms with Crippen LogP contribution < -0.4 is 4.72 Å². The molecule has 0 spiro atoms. The predicted octanol–water partition coefficient (Wildman–Crippen LogP) is 3.76. The van der Waals surface area contributed by atoms with Crippen molar-refractivity contribution in [1.29, 1.82) is 0 Å². The largest absolute Gasteiger partial charge is 0.302 e. The van der Waals surface area contributed by atoms with Gasteiger partial charge < -0.3 is 4.90 Å². The van der Waals surface area contributed by atoms with Crippen LogP contribution in [-0.2, 0) is 10.0 Å². The number of benzene rings is 1. The number of hydrogen-bond donors (Lipinski definition) is 1. The number of hydrogen-bond acceptors (Lipinski definition) is 3. The Morgan fingerprint density at radius 3 is 2.14 bits per heavy atom. The molecule has 1 N–H and O–H groups in total. The monoisotopic (exact) mass is 416 g/mol. The van der Waals surface area contributed by atoms with E-state index in [0.29, 0.717) is 11.0 Å². The topological polar surface area (TPSA) is 49.4 Å². The molecule has 0 aliphatic rings. The van der Waals surface area contributed by atoms with Crippen LogP contribution in [-0.4, -0.2) is 39.0 Å². The molecule has 0 bridgehead atoms. The molecule has 0 saturated heterocycles. The minimum absolute atomic E-state index is 0.0829. The molecule has 0 aromatic heterocycles. The summed E-state index contributed by atoms with van der Waals surface area (Å²) in [7, 11) is -3.76. The van der Waals surface area contributed by atoms with Crippen LogP contribution in [0.15, 0.2) is 21.5 Å². The first kappa shape index (κ1) is 19.2. The summed E-state index contributed by atoms with van der Waals surface area (Å²) in [6.07, 6.45) is 0. The van der Waals surface area contributed by atoms with Gasteiger partial charge >= 0.3 is 0 Å². The van der Waals surface area contributed by atoms with Crippen molar-refractivity contribution in [3.8, 4) is 0 Å². The van der Waals surface area contributed by atoms with Crippen molar-refractivity contribution >= 4 is 49.2 Å². The van der Waals surface area contributed by atoms with Gasteiger partial charge in [0.05, 0.1) is 10.0 Å². The van der Waals surface area contributed by atoms with Gasteiger partial charge in [-0.3, -0.25) is 0 Å². The second kappa shape index (κ2) is 8.13. The van der Waals surface area contributed by atoms with Gasteiger partial charge in [-0.2, -0.15) is 0 Å². The number of nitrogens with one attached hydrogen (secondary N) is 1. The summed E-state index contributed by atoms with van der Waals surface area (Å²) in [4.78, 5) is 2.05. The van der Waals surface area contributed by atoms with Crippen LogP contribution in [0.1, 0.15) is 20.8 Å². The third kappa shape index (κ3) is 5.37. The highest BCUT2D eigenvalue weighted by Gasteiger charge is 2.24. The van der Waals surface area contributed by atoms with Gasteiger partial charge in [0.25, 0.3) is 0 Å². The van der Waals surface area contributed by atoms with E-state index in [4.69, 9.17) is 23.2 Å². The number of nitrogens with zero attached hydrogens (tertiary/aromatic N) is 1. The van der Waals surface area contributed by atoms with Crippen LogP contribution in [0.5, 0.6) is 0 Å². The van der Waals surface area contributed by atoms with E-state index >= 15 is 0 Å². The first-order chi connectivity index (χ1) is 9.71. The van der Waals surface area contributed by atoms with Gasteiger partial charge in [-0.1, -0.05) is 53.0 Å². The maximum absolute atomic E-state index is 12.4. The van der Waals surface area contributed by atoms with Crippen LogP contribution in [0.2, 0.25) is 10.0 Å². The molecule has 0 aliphatic heterocycles. The average molecular weight is 418 g/mol. The number of rotatable bonds is 7. The Bertz CT molecular complexity index is 569. The molecule has 1 aromatic rings. The molecule has 21 heavy (non-hydrogen) atoms. The predicted molar refractivity (Wildman–Crippen MR) is 91.7 cm³/mol. The fraction of sp³-hybridized carbons (Fsp3) is 0.538. The van der Waals surface area contributed by atoms with Gasteiger partial charge in [-0.25, -0.2) is 13.1 Å². The molecule has 0 aliphatic carbocycles. The molecule has 1 unspecified atom stereocenters. The molecule has 120 valence electrons. The lowest BCUT2D eigenvalue weighted by Crippen LogP contribution is -2.42. The molecule has 0 heterocycles. The van der Waals surface area contributed by atoms with Crippen LogP contribution >= 0.6 is 39.1 Å². The molecular formula is C13H19BrCl2N2O2S. The van der Waals surface area contributed by atoms with Gasteiger partial charge in [0.2, 0.25) is 10.0 Å². The summed E-state index contributed by atoms with van der Waals surface area (Å²) in [5.41, 5.74) is 0. The zero-order chi connectivity index (χ0) is 16.2. The van der Waals surface area contributed by atoms with E-state index in [-0.39, 0.29) is 21.0 Å². The summed E-state index contributed by atoms with van der Waals surface area (Å²) in [5, 5.41) is 0.189. The number of halogens is 3. The Kier molecular flexibility index (Phi) is 7.43. The maximum atomic E-state index is 12.4. The Labute approximate surface area is 145 Å². The number of sulfonamides is 1. The Balaban J connectivity index is 2.97. The Morgan fingerprint density at radius 2 is 1.71 bits per heavy atom. The molecular weight excluding hydrogens is 399 g/mol. The standard InChI is InChI=1S/C13H19BrCl2N2O2S/c1-4-18(5-2)8-9(3)17-21(19,20)13-11(15)6-10(14)7-12(13)16/h6-7,9,17H,4-5,8H2,1-3H3. The summed E-state index contributed by atoms with van der Waals surface area (Å²) >= 11 is 15.3. The minimum atomic E-state index is -3.76. The smallest absolute Gasteiger partial charge is 0.243 e. The van der Waals surface area contributed by atoms with Crippen molar-refractivity contribution in [1.82, 2.24) is 9.62 Å². The van der Waals surface area contributed by atoms with E-state index in [9.17, 15) is 8.42 Å². The molecule has 0 amide bonds. The third-order valence-electron chi connectivity index (χ3n) is 3.01. The van der Waals surface area contributed by atoms with Crippen molar-refractivity contribution in [2.75, 3.05) is 19.6 Å². The Morgan fingerprint density at radius 1 is 1.24 bits per heavy atom. The maximum Gasteiger partial charge on any atom is 0.243 e. The first-order valence-corrected chi connectivity index (χ1v) is 9.63. The molecule has 0 fully saturated rings. The molecule has 0 saturated carbocycles. The highest BCUT2D eigenvalue weighted by molar-refractivity contribution is 9.10. The van der Waals surface area contributed by atoms with Crippen molar-refractivity contribution < 1.29 is 8.42 Å². The van der Waals surface area contributed by atoms with E-state index < -0.39 is 10.0 Å². The van der Waals surface area contributed by atoms with Crippen LogP contribution in [0.4, 0.5) is 0 Å². The van der Waals surface area contributed by atoms with Crippen LogP contribution in [0.3, 0.4) is 0 Å². The lowest BCUT2D eigenvalue weighted by atomic mass is 10.3. The van der Waals surface area contributed by atoms with Crippen LogP contribution in [0, 0.1) is 0 Å². The second-order valence-corrected chi connectivity index (χ2v) is 8.09. The molecule has 0 radical (unpaired) electrons. The van der Waals surface area contributed by atoms with E-state index in [1.165, 1.54) is 12.1 Å². The van der Waals surface area contributed by atoms with E-state index in [1.54, 1.807) is 0 Å². The normalized spacial score (nSPS) is 13.7. The molecule has 1 rings (SSSR count). The summed E-state index contributed by atoms with van der Waals surface area (Å²) in [5.74, 6) is 0. The van der Waals surface area contributed by atoms with Crippen LogP contribution in [0.25, 0.3) is 0 Å². The van der Waals surface area contributed by atoms with Crippen molar-refractivity contribution in [2.45, 2.75) is 31.7 Å². The lowest BCUT2D eigenvalue weighted by Gasteiger charge is -2.23. The molecule has 4 nitrogen and oxygen atoms in total. The van der Waals surface area contributed by atoms with Gasteiger partial charge in [-0.05, 0) is 32.1 Å². The highest BCUT2D eigenvalue weighted by Crippen LogP contribution is 2.32. The Hall–Kier alpha value is 0.150. The quantitative estimate of drug-likeness (QED) is 0.734. The number of likely N-dealkylation sites (N-methyl/N-ethyl adjacent to an activating group) is 1. The fourth-order valence-electron chi connectivity index (χ4n) is 2.02. The lowest BCUT2D eigenvalue weighted by molar-refractivity contribution is 0.282. The second-order valence-electron chi connectivity index (χ2n) is 4.71. The average Bonchev–Trinajstić information content (AvgIpc) is 2.33. The zero-order valence-corrected chi connectivity index (χ0v) is 16.1. The molecule has 1 atom stereocenters. The minimum Gasteiger partial charge on any atom is -0.302 e. The van der Waals surface area contributed by atoms with Gasteiger partial charge in [0.15, 0.2) is 0 Å². The highest BCUT2D eigenvalue weighted by atomic mass is 79.9.